The van der Waals surface area contributed by atoms with E-state index in [0.717, 1.165) is 6.42 Å². The summed E-state index contributed by atoms with van der Waals surface area (Å²) in [5.74, 6) is 0.632. The van der Waals surface area contributed by atoms with Crippen LogP contribution in [0.4, 0.5) is 0 Å². The smallest absolute Gasteiger partial charge is 0.251 e. The topological polar surface area (TPSA) is 84.5 Å². The predicted octanol–water partition coefficient (Wildman–Crippen LogP) is 3.47. The van der Waals surface area contributed by atoms with Gasteiger partial charge in [0.25, 0.3) is 5.91 Å². The molecule has 0 spiro atoms. The van der Waals surface area contributed by atoms with E-state index in [1.807, 2.05) is 0 Å². The second kappa shape index (κ2) is 9.06. The van der Waals surface area contributed by atoms with Crippen LogP contribution in [0.25, 0.3) is 0 Å². The van der Waals surface area contributed by atoms with Crippen molar-refractivity contribution in [3.8, 4) is 5.75 Å². The molecule has 1 amide bonds. The molecule has 0 unspecified atom stereocenters. The van der Waals surface area contributed by atoms with Crippen LogP contribution in [0.3, 0.4) is 0 Å². The Balaban J connectivity index is 2.09. The minimum Gasteiger partial charge on any atom is -0.495 e. The van der Waals surface area contributed by atoms with Gasteiger partial charge in [0.2, 0.25) is 10.0 Å². The molecule has 1 aromatic rings. The van der Waals surface area contributed by atoms with Gasteiger partial charge in [0.05, 0.1) is 7.11 Å². The third kappa shape index (κ3) is 6.50. The Kier molecular flexibility index (Phi) is 7.28. The van der Waals surface area contributed by atoms with Crippen LogP contribution < -0.4 is 14.8 Å². The average Bonchev–Trinajstić information content (AvgIpc) is 2.60. The maximum atomic E-state index is 12.7. The minimum absolute atomic E-state index is 0.0279. The summed E-state index contributed by atoms with van der Waals surface area (Å²) in [4.78, 5) is 12.5. The van der Waals surface area contributed by atoms with Gasteiger partial charge < -0.3 is 10.1 Å². The van der Waals surface area contributed by atoms with E-state index in [-0.39, 0.29) is 16.6 Å². The van der Waals surface area contributed by atoms with E-state index in [9.17, 15) is 13.2 Å². The van der Waals surface area contributed by atoms with Crippen LogP contribution in [0.5, 0.6) is 5.75 Å². The minimum atomic E-state index is -3.81. The average molecular weight is 397 g/mol. The van der Waals surface area contributed by atoms with Gasteiger partial charge in [-0.3, -0.25) is 4.79 Å². The van der Waals surface area contributed by atoms with Gasteiger partial charge in [0, 0.05) is 17.6 Å². The number of carbonyl (C=O) groups excluding carboxylic acids is 1. The number of hydrogen-bond donors (Lipinski definition) is 2. The fraction of sp³-hybridized carbons (Fsp3) is 0.650. The van der Waals surface area contributed by atoms with Crippen molar-refractivity contribution < 1.29 is 17.9 Å². The van der Waals surface area contributed by atoms with E-state index in [1.165, 1.54) is 51.3 Å². The molecule has 0 aliphatic heterocycles. The number of carbonyl (C=O) groups is 1. The van der Waals surface area contributed by atoms with Gasteiger partial charge in [-0.1, -0.05) is 32.1 Å². The summed E-state index contributed by atoms with van der Waals surface area (Å²) in [6.45, 7) is 5.90. The largest absolute Gasteiger partial charge is 0.495 e. The van der Waals surface area contributed by atoms with Crippen molar-refractivity contribution in [2.75, 3.05) is 13.7 Å². The van der Waals surface area contributed by atoms with Gasteiger partial charge in [-0.05, 0) is 51.3 Å². The van der Waals surface area contributed by atoms with Crippen LogP contribution in [-0.4, -0.2) is 33.5 Å². The lowest BCUT2D eigenvalue weighted by atomic mass is 9.87. The highest BCUT2D eigenvalue weighted by Crippen LogP contribution is 2.27. The molecule has 27 heavy (non-hydrogen) atoms. The number of ether oxygens (including phenoxy) is 1. The fourth-order valence-corrected chi connectivity index (χ4v) is 5.07. The Morgan fingerprint density at radius 1 is 1.19 bits per heavy atom. The summed E-state index contributed by atoms with van der Waals surface area (Å²) in [5, 5.41) is 2.92. The molecular weight excluding hydrogens is 364 g/mol. The monoisotopic (exact) mass is 396 g/mol. The van der Waals surface area contributed by atoms with Crippen molar-refractivity contribution in [2.45, 2.75) is 69.7 Å². The lowest BCUT2D eigenvalue weighted by Crippen LogP contribution is -2.40. The second-order valence-electron chi connectivity index (χ2n) is 8.27. The second-order valence-corrected chi connectivity index (χ2v) is 9.92. The fourth-order valence-electron chi connectivity index (χ4n) is 3.45. The van der Waals surface area contributed by atoms with Crippen LogP contribution in [-0.2, 0) is 10.0 Å². The molecule has 0 atom stereocenters. The van der Waals surface area contributed by atoms with Crippen LogP contribution in [0.2, 0.25) is 0 Å². The van der Waals surface area contributed by atoms with Gasteiger partial charge in [-0.15, -0.1) is 0 Å². The first kappa shape index (κ1) is 21.7. The van der Waals surface area contributed by atoms with E-state index in [4.69, 9.17) is 4.74 Å². The Morgan fingerprint density at radius 2 is 1.85 bits per heavy atom. The van der Waals surface area contributed by atoms with Gasteiger partial charge in [0.1, 0.15) is 10.6 Å². The highest BCUT2D eigenvalue weighted by molar-refractivity contribution is 7.89. The Labute approximate surface area is 163 Å². The number of nitrogens with one attached hydrogen (secondary N) is 2. The third-order valence-electron chi connectivity index (χ3n) is 4.72. The van der Waals surface area contributed by atoms with E-state index < -0.39 is 15.6 Å². The molecule has 1 saturated carbocycles. The normalized spacial score (nSPS) is 16.1. The van der Waals surface area contributed by atoms with Crippen LogP contribution >= 0.6 is 0 Å². The standard InChI is InChI=1S/C20H32N2O4S/c1-20(2,3)22-27(24,25)18-14-16(10-11-17(18)26-4)19(23)21-13-12-15-8-6-5-7-9-15/h10-11,14-15,22H,5-9,12-13H2,1-4H3,(H,21,23). The molecule has 1 fully saturated rings. The molecule has 0 bridgehead atoms. The van der Waals surface area contributed by atoms with Crippen molar-refractivity contribution >= 4 is 15.9 Å². The van der Waals surface area contributed by atoms with Crippen molar-refractivity contribution in [1.29, 1.82) is 0 Å². The SMILES string of the molecule is COc1ccc(C(=O)NCCC2CCCCC2)cc1S(=O)(=O)NC(C)(C)C. The predicted molar refractivity (Wildman–Crippen MR) is 107 cm³/mol. The maximum Gasteiger partial charge on any atom is 0.251 e. The highest BCUT2D eigenvalue weighted by atomic mass is 32.2. The molecule has 0 heterocycles. The summed E-state index contributed by atoms with van der Waals surface area (Å²) in [6.07, 6.45) is 7.31. The first-order valence-corrected chi connectivity index (χ1v) is 11.1. The number of benzene rings is 1. The van der Waals surface area contributed by atoms with E-state index in [1.54, 1.807) is 26.8 Å². The lowest BCUT2D eigenvalue weighted by Gasteiger charge is -2.22. The zero-order chi connectivity index (χ0) is 20.1. The first-order chi connectivity index (χ1) is 12.6. The number of sulfonamides is 1. The summed E-state index contributed by atoms with van der Waals surface area (Å²) in [7, 11) is -2.40. The summed E-state index contributed by atoms with van der Waals surface area (Å²) >= 11 is 0. The zero-order valence-electron chi connectivity index (χ0n) is 16.8. The van der Waals surface area contributed by atoms with Gasteiger partial charge in [0.15, 0.2) is 0 Å². The van der Waals surface area contributed by atoms with Crippen molar-refractivity contribution in [3.05, 3.63) is 23.8 Å². The molecule has 1 aliphatic carbocycles. The molecule has 7 heteroatoms. The Hall–Kier alpha value is -1.60. The third-order valence-corrected chi connectivity index (χ3v) is 6.50. The van der Waals surface area contributed by atoms with E-state index in [2.05, 4.69) is 10.0 Å². The highest BCUT2D eigenvalue weighted by Gasteiger charge is 2.26. The van der Waals surface area contributed by atoms with E-state index in [0.29, 0.717) is 18.0 Å². The number of rotatable bonds is 7. The van der Waals surface area contributed by atoms with Gasteiger partial charge >= 0.3 is 0 Å². The molecule has 1 aliphatic rings. The van der Waals surface area contributed by atoms with Crippen LogP contribution in [0.15, 0.2) is 23.1 Å². The molecule has 1 aromatic carbocycles. The van der Waals surface area contributed by atoms with E-state index >= 15 is 0 Å². The molecule has 2 N–H and O–H groups in total. The summed E-state index contributed by atoms with van der Waals surface area (Å²) in [5.41, 5.74) is -0.323. The quantitative estimate of drug-likeness (QED) is 0.739. The molecule has 6 nitrogen and oxygen atoms in total. The number of hydrogen-bond acceptors (Lipinski definition) is 4. The first-order valence-electron chi connectivity index (χ1n) is 9.62. The Morgan fingerprint density at radius 3 is 2.44 bits per heavy atom. The molecule has 2 rings (SSSR count). The Bertz CT molecular complexity index is 748. The van der Waals surface area contributed by atoms with Crippen LogP contribution in [0.1, 0.15) is 69.7 Å². The van der Waals surface area contributed by atoms with Crippen molar-refractivity contribution in [1.82, 2.24) is 10.0 Å². The molecule has 0 saturated heterocycles. The van der Waals surface area contributed by atoms with Gasteiger partial charge in [-0.25, -0.2) is 13.1 Å². The molecule has 0 radical (unpaired) electrons. The molecular formula is C20H32N2O4S. The zero-order valence-corrected chi connectivity index (χ0v) is 17.6. The number of amides is 1. The van der Waals surface area contributed by atoms with Crippen molar-refractivity contribution in [2.24, 2.45) is 5.92 Å². The maximum absolute atomic E-state index is 12.7. The molecule has 0 aromatic heterocycles. The van der Waals surface area contributed by atoms with Gasteiger partial charge in [-0.2, -0.15) is 0 Å². The summed E-state index contributed by atoms with van der Waals surface area (Å²) in [6, 6.07) is 4.49. The summed E-state index contributed by atoms with van der Waals surface area (Å²) < 4.78 is 33.2. The molecule has 152 valence electrons. The van der Waals surface area contributed by atoms with Crippen molar-refractivity contribution in [3.63, 3.8) is 0 Å². The lowest BCUT2D eigenvalue weighted by molar-refractivity contribution is 0.0950. The van der Waals surface area contributed by atoms with Crippen LogP contribution in [0, 0.1) is 5.92 Å². The number of methoxy groups -OCH3 is 1.